The van der Waals surface area contributed by atoms with Gasteiger partial charge in [0.2, 0.25) is 0 Å². The van der Waals surface area contributed by atoms with Crippen LogP contribution < -0.4 is 5.32 Å². The van der Waals surface area contributed by atoms with E-state index in [1.165, 1.54) is 25.9 Å². The summed E-state index contributed by atoms with van der Waals surface area (Å²) in [4.78, 5) is 2.64. The van der Waals surface area contributed by atoms with Crippen molar-refractivity contribution in [3.8, 4) is 0 Å². The van der Waals surface area contributed by atoms with Crippen LogP contribution in [-0.4, -0.2) is 56.1 Å². The van der Waals surface area contributed by atoms with Crippen molar-refractivity contribution in [2.75, 3.05) is 39.4 Å². The highest BCUT2D eigenvalue weighted by atomic mass is 35.5. The molecule has 3 aliphatic rings. The van der Waals surface area contributed by atoms with Gasteiger partial charge in [-0.3, -0.25) is 4.90 Å². The molecule has 4 nitrogen and oxygen atoms in total. The first-order chi connectivity index (χ1) is 7.88. The fourth-order valence-electron chi connectivity index (χ4n) is 3.24. The smallest absolute Gasteiger partial charge is 0.168 e. The van der Waals surface area contributed by atoms with Crippen molar-refractivity contribution < 1.29 is 9.47 Å². The Hall–Kier alpha value is 0.130. The van der Waals surface area contributed by atoms with E-state index in [1.807, 2.05) is 0 Å². The number of piperazine rings is 1. The topological polar surface area (TPSA) is 33.7 Å². The van der Waals surface area contributed by atoms with E-state index in [-0.39, 0.29) is 18.2 Å². The van der Waals surface area contributed by atoms with Crippen LogP contribution in [0.2, 0.25) is 0 Å². The second-order valence-corrected chi connectivity index (χ2v) is 5.12. The average molecular weight is 263 g/mol. The molecule has 1 aliphatic carbocycles. The van der Waals surface area contributed by atoms with Crippen LogP contribution in [0.4, 0.5) is 0 Å². The van der Waals surface area contributed by atoms with Gasteiger partial charge in [0.25, 0.3) is 0 Å². The second-order valence-electron chi connectivity index (χ2n) is 5.12. The Labute approximate surface area is 109 Å². The molecule has 2 aliphatic heterocycles. The third-order valence-electron chi connectivity index (χ3n) is 4.20. The molecule has 0 aromatic rings. The van der Waals surface area contributed by atoms with Crippen LogP contribution in [0.25, 0.3) is 0 Å². The van der Waals surface area contributed by atoms with Gasteiger partial charge < -0.3 is 14.8 Å². The molecule has 1 N–H and O–H groups in total. The minimum absolute atomic E-state index is 0. The van der Waals surface area contributed by atoms with E-state index < -0.39 is 0 Å². The Balaban J connectivity index is 0.00000108. The molecule has 2 heterocycles. The van der Waals surface area contributed by atoms with Crippen LogP contribution in [0, 0.1) is 0 Å². The first kappa shape index (κ1) is 13.6. The molecule has 1 saturated carbocycles. The van der Waals surface area contributed by atoms with Crippen molar-refractivity contribution in [2.45, 2.75) is 37.5 Å². The zero-order chi connectivity index (χ0) is 10.8. The molecule has 0 aromatic heterocycles. The van der Waals surface area contributed by atoms with Gasteiger partial charge in [-0.1, -0.05) is 0 Å². The summed E-state index contributed by atoms with van der Waals surface area (Å²) >= 11 is 0. The Bertz CT molecular complexity index is 231. The van der Waals surface area contributed by atoms with E-state index in [2.05, 4.69) is 10.2 Å². The summed E-state index contributed by atoms with van der Waals surface area (Å²) in [5, 5.41) is 3.41. The van der Waals surface area contributed by atoms with Crippen LogP contribution in [0.1, 0.15) is 25.7 Å². The summed E-state index contributed by atoms with van der Waals surface area (Å²) in [5.41, 5.74) is 0. The van der Waals surface area contributed by atoms with Crippen LogP contribution in [-0.2, 0) is 9.47 Å². The van der Waals surface area contributed by atoms with Gasteiger partial charge in [-0.15, -0.1) is 12.4 Å². The monoisotopic (exact) mass is 262 g/mol. The van der Waals surface area contributed by atoms with E-state index >= 15 is 0 Å². The van der Waals surface area contributed by atoms with Gasteiger partial charge in [0.15, 0.2) is 5.79 Å². The molecular formula is C12H23ClN2O2. The van der Waals surface area contributed by atoms with Crippen molar-refractivity contribution in [3.63, 3.8) is 0 Å². The lowest BCUT2D eigenvalue weighted by molar-refractivity contribution is -0.184. The standard InChI is InChI=1S/C12H22N2O2.ClH/c1-3-12(15-9-10-16-12)4-2-11(1)14-7-5-13-6-8-14;/h11,13H,1-10H2;1H. The SMILES string of the molecule is C1CN(C2CCC3(CC2)OCCO3)CCN1.Cl. The van der Waals surface area contributed by atoms with E-state index in [9.17, 15) is 0 Å². The predicted molar refractivity (Wildman–Crippen MR) is 68.6 cm³/mol. The number of rotatable bonds is 1. The lowest BCUT2D eigenvalue weighted by Gasteiger charge is -2.41. The summed E-state index contributed by atoms with van der Waals surface area (Å²) < 4.78 is 11.5. The maximum Gasteiger partial charge on any atom is 0.168 e. The second kappa shape index (κ2) is 5.85. The molecule has 0 radical (unpaired) electrons. The third-order valence-corrected chi connectivity index (χ3v) is 4.20. The predicted octanol–water partition coefficient (Wildman–Crippen LogP) is 0.999. The molecule has 1 spiro atoms. The Morgan fingerprint density at radius 1 is 1.00 bits per heavy atom. The molecule has 17 heavy (non-hydrogen) atoms. The average Bonchev–Trinajstić information content (AvgIpc) is 2.80. The van der Waals surface area contributed by atoms with E-state index in [0.29, 0.717) is 0 Å². The highest BCUT2D eigenvalue weighted by Crippen LogP contribution is 2.37. The molecule has 2 saturated heterocycles. The maximum absolute atomic E-state index is 5.76. The molecule has 5 heteroatoms. The van der Waals surface area contributed by atoms with Gasteiger partial charge in [0, 0.05) is 45.1 Å². The first-order valence-corrected chi connectivity index (χ1v) is 6.61. The first-order valence-electron chi connectivity index (χ1n) is 6.61. The zero-order valence-corrected chi connectivity index (χ0v) is 11.1. The Morgan fingerprint density at radius 3 is 2.18 bits per heavy atom. The lowest BCUT2D eigenvalue weighted by atomic mass is 9.89. The van der Waals surface area contributed by atoms with Gasteiger partial charge in [-0.05, 0) is 12.8 Å². The largest absolute Gasteiger partial charge is 0.348 e. The molecule has 3 fully saturated rings. The lowest BCUT2D eigenvalue weighted by Crippen LogP contribution is -2.51. The Morgan fingerprint density at radius 2 is 1.59 bits per heavy atom. The van der Waals surface area contributed by atoms with Crippen molar-refractivity contribution in [1.29, 1.82) is 0 Å². The quantitative estimate of drug-likeness (QED) is 0.765. The number of halogens is 1. The third kappa shape index (κ3) is 2.93. The Kier molecular flexibility index (Phi) is 4.66. The molecule has 100 valence electrons. The van der Waals surface area contributed by atoms with Gasteiger partial charge in [0.05, 0.1) is 13.2 Å². The van der Waals surface area contributed by atoms with Crippen LogP contribution in [0.5, 0.6) is 0 Å². The molecule has 0 unspecified atom stereocenters. The van der Waals surface area contributed by atoms with Gasteiger partial charge in [-0.25, -0.2) is 0 Å². The maximum atomic E-state index is 5.76. The van der Waals surface area contributed by atoms with Gasteiger partial charge in [-0.2, -0.15) is 0 Å². The summed E-state index contributed by atoms with van der Waals surface area (Å²) in [6.45, 7) is 6.29. The van der Waals surface area contributed by atoms with Crippen molar-refractivity contribution >= 4 is 12.4 Å². The number of nitrogens with one attached hydrogen (secondary N) is 1. The molecule has 0 atom stereocenters. The van der Waals surface area contributed by atoms with Gasteiger partial charge >= 0.3 is 0 Å². The van der Waals surface area contributed by atoms with Crippen molar-refractivity contribution in [2.24, 2.45) is 0 Å². The van der Waals surface area contributed by atoms with Gasteiger partial charge in [0.1, 0.15) is 0 Å². The fraction of sp³-hybridized carbons (Fsp3) is 1.00. The molecule has 0 bridgehead atoms. The molecular weight excluding hydrogens is 240 g/mol. The molecule has 0 amide bonds. The highest BCUT2D eigenvalue weighted by molar-refractivity contribution is 5.85. The van der Waals surface area contributed by atoms with Crippen molar-refractivity contribution in [3.05, 3.63) is 0 Å². The summed E-state index contributed by atoms with van der Waals surface area (Å²) in [6, 6.07) is 0.764. The van der Waals surface area contributed by atoms with Crippen LogP contribution in [0.15, 0.2) is 0 Å². The highest BCUT2D eigenvalue weighted by Gasteiger charge is 2.41. The summed E-state index contributed by atoms with van der Waals surface area (Å²) in [7, 11) is 0. The van der Waals surface area contributed by atoms with Crippen LogP contribution in [0.3, 0.4) is 0 Å². The number of nitrogens with zero attached hydrogens (tertiary/aromatic N) is 1. The van der Waals surface area contributed by atoms with Crippen LogP contribution >= 0.6 is 12.4 Å². The summed E-state index contributed by atoms with van der Waals surface area (Å²) in [6.07, 6.45) is 4.64. The number of ether oxygens (including phenoxy) is 2. The zero-order valence-electron chi connectivity index (χ0n) is 10.3. The van der Waals surface area contributed by atoms with Crippen molar-refractivity contribution in [1.82, 2.24) is 10.2 Å². The minimum atomic E-state index is -0.190. The minimum Gasteiger partial charge on any atom is -0.348 e. The number of hydrogen-bond donors (Lipinski definition) is 1. The number of hydrogen-bond acceptors (Lipinski definition) is 4. The fourth-order valence-corrected chi connectivity index (χ4v) is 3.24. The molecule has 3 rings (SSSR count). The normalized spacial score (nSPS) is 30.4. The van der Waals surface area contributed by atoms with E-state index in [0.717, 1.165) is 45.2 Å². The molecule has 0 aromatic carbocycles. The summed E-state index contributed by atoms with van der Waals surface area (Å²) in [5.74, 6) is -0.190. The van der Waals surface area contributed by atoms with E-state index in [4.69, 9.17) is 9.47 Å². The van der Waals surface area contributed by atoms with E-state index in [1.54, 1.807) is 0 Å².